The van der Waals surface area contributed by atoms with E-state index in [1.165, 1.54) is 10.5 Å². The maximum absolute atomic E-state index is 12.2. The number of quaternary nitrogens is 1. The first-order valence-corrected chi connectivity index (χ1v) is 8.16. The van der Waals surface area contributed by atoms with Crippen LogP contribution in [0.1, 0.15) is 22.8 Å². The molecule has 2 aromatic rings. The molecule has 2 aromatic carbocycles. The van der Waals surface area contributed by atoms with E-state index < -0.39 is 0 Å². The lowest BCUT2D eigenvalue weighted by Gasteiger charge is -2.19. The van der Waals surface area contributed by atoms with Gasteiger partial charge in [0, 0.05) is 10.0 Å². The van der Waals surface area contributed by atoms with Gasteiger partial charge in [0.05, 0.1) is 12.6 Å². The third-order valence-corrected chi connectivity index (χ3v) is 4.08. The molecular formula is C18H21BrNO2+. The lowest BCUT2D eigenvalue weighted by Crippen LogP contribution is -3.08. The van der Waals surface area contributed by atoms with E-state index >= 15 is 0 Å². The highest BCUT2D eigenvalue weighted by atomic mass is 79.9. The van der Waals surface area contributed by atoms with Crippen LogP contribution in [0.3, 0.4) is 0 Å². The Morgan fingerprint density at radius 1 is 1.14 bits per heavy atom. The van der Waals surface area contributed by atoms with E-state index in [1.807, 2.05) is 43.3 Å². The Kier molecular flexibility index (Phi) is 6.16. The number of esters is 1. The molecule has 2 rings (SSSR count). The van der Waals surface area contributed by atoms with E-state index in [0.29, 0.717) is 5.56 Å². The van der Waals surface area contributed by atoms with Gasteiger partial charge in [0.25, 0.3) is 0 Å². The number of nitrogens with one attached hydrogen (secondary N) is 1. The van der Waals surface area contributed by atoms with Crippen molar-refractivity contribution in [1.82, 2.24) is 0 Å². The highest BCUT2D eigenvalue weighted by Crippen LogP contribution is 2.17. The summed E-state index contributed by atoms with van der Waals surface area (Å²) in [6.07, 6.45) is -0.136. The van der Waals surface area contributed by atoms with Crippen molar-refractivity contribution in [2.45, 2.75) is 19.6 Å². The molecule has 22 heavy (non-hydrogen) atoms. The molecule has 0 amide bonds. The van der Waals surface area contributed by atoms with Gasteiger partial charge in [0.2, 0.25) is 0 Å². The molecule has 0 aliphatic rings. The van der Waals surface area contributed by atoms with Gasteiger partial charge in [-0.2, -0.15) is 0 Å². The molecule has 4 heteroatoms. The number of halogens is 1. The summed E-state index contributed by atoms with van der Waals surface area (Å²) in [7, 11) is 2.11. The molecule has 0 heterocycles. The van der Waals surface area contributed by atoms with Crippen LogP contribution >= 0.6 is 15.9 Å². The monoisotopic (exact) mass is 362 g/mol. The average molecular weight is 363 g/mol. The lowest BCUT2D eigenvalue weighted by atomic mass is 10.2. The number of benzene rings is 2. The first kappa shape index (κ1) is 16.7. The molecule has 1 unspecified atom stereocenters. The molecule has 0 fully saturated rings. The van der Waals surface area contributed by atoms with Gasteiger partial charge in [-0.25, -0.2) is 4.79 Å². The highest BCUT2D eigenvalue weighted by molar-refractivity contribution is 9.10. The SMILES string of the molecule is C[C@H](C[NH+](C)Cc1ccccc1)OC(=O)c1ccccc1Br. The van der Waals surface area contributed by atoms with Crippen LogP contribution in [-0.4, -0.2) is 25.7 Å². The third-order valence-electron chi connectivity index (χ3n) is 3.39. The fourth-order valence-electron chi connectivity index (χ4n) is 2.42. The quantitative estimate of drug-likeness (QED) is 0.801. The summed E-state index contributed by atoms with van der Waals surface area (Å²) < 4.78 is 6.30. The Labute approximate surface area is 140 Å². The van der Waals surface area contributed by atoms with Crippen molar-refractivity contribution >= 4 is 21.9 Å². The summed E-state index contributed by atoms with van der Waals surface area (Å²) in [5.41, 5.74) is 1.85. The summed E-state index contributed by atoms with van der Waals surface area (Å²) in [5.74, 6) is -0.285. The van der Waals surface area contributed by atoms with Crippen molar-refractivity contribution in [1.29, 1.82) is 0 Å². The largest absolute Gasteiger partial charge is 0.453 e. The number of rotatable bonds is 6. The van der Waals surface area contributed by atoms with Crippen molar-refractivity contribution in [2.24, 2.45) is 0 Å². The molecule has 2 atom stereocenters. The molecule has 1 N–H and O–H groups in total. The van der Waals surface area contributed by atoms with Crippen LogP contribution in [0.25, 0.3) is 0 Å². The van der Waals surface area contributed by atoms with E-state index in [9.17, 15) is 4.79 Å². The fourth-order valence-corrected chi connectivity index (χ4v) is 2.87. The van der Waals surface area contributed by atoms with Gasteiger partial charge in [-0.1, -0.05) is 42.5 Å². The molecule has 0 aromatic heterocycles. The van der Waals surface area contributed by atoms with Crippen molar-refractivity contribution < 1.29 is 14.4 Å². The molecule has 0 spiro atoms. The molecule has 0 radical (unpaired) electrons. The van der Waals surface area contributed by atoms with Crippen molar-refractivity contribution in [3.8, 4) is 0 Å². The Bertz CT molecular complexity index is 615. The summed E-state index contributed by atoms with van der Waals surface area (Å²) in [6, 6.07) is 17.6. The Morgan fingerprint density at radius 3 is 2.45 bits per heavy atom. The number of carbonyl (C=O) groups excluding carboxylic acids is 1. The van der Waals surface area contributed by atoms with Crippen molar-refractivity contribution in [2.75, 3.05) is 13.6 Å². The van der Waals surface area contributed by atoms with E-state index in [1.54, 1.807) is 6.07 Å². The summed E-state index contributed by atoms with van der Waals surface area (Å²) in [6.45, 7) is 3.62. The van der Waals surface area contributed by atoms with Gasteiger partial charge >= 0.3 is 5.97 Å². The minimum absolute atomic E-state index is 0.136. The van der Waals surface area contributed by atoms with Gasteiger partial charge in [0.15, 0.2) is 0 Å². The van der Waals surface area contributed by atoms with Gasteiger partial charge in [-0.15, -0.1) is 0 Å². The second-order valence-electron chi connectivity index (χ2n) is 5.52. The number of carbonyl (C=O) groups is 1. The van der Waals surface area contributed by atoms with E-state index in [2.05, 4.69) is 35.1 Å². The van der Waals surface area contributed by atoms with Crippen LogP contribution in [0, 0.1) is 0 Å². The predicted octanol–water partition coefficient (Wildman–Crippen LogP) is 2.71. The van der Waals surface area contributed by atoms with Crippen LogP contribution in [-0.2, 0) is 11.3 Å². The van der Waals surface area contributed by atoms with E-state index in [0.717, 1.165) is 17.6 Å². The van der Waals surface area contributed by atoms with Crippen LogP contribution in [0.2, 0.25) is 0 Å². The second-order valence-corrected chi connectivity index (χ2v) is 6.37. The smallest absolute Gasteiger partial charge is 0.339 e. The highest BCUT2D eigenvalue weighted by Gasteiger charge is 2.17. The van der Waals surface area contributed by atoms with Crippen molar-refractivity contribution in [3.63, 3.8) is 0 Å². The fraction of sp³-hybridized carbons (Fsp3) is 0.278. The Balaban J connectivity index is 1.86. The number of hydrogen-bond donors (Lipinski definition) is 1. The normalized spacial score (nSPS) is 13.4. The van der Waals surface area contributed by atoms with Gasteiger partial charge in [-0.05, 0) is 35.0 Å². The van der Waals surface area contributed by atoms with Crippen LogP contribution < -0.4 is 4.90 Å². The van der Waals surface area contributed by atoms with E-state index in [4.69, 9.17) is 4.74 Å². The van der Waals surface area contributed by atoms with Crippen LogP contribution in [0.4, 0.5) is 0 Å². The van der Waals surface area contributed by atoms with Gasteiger partial charge < -0.3 is 9.64 Å². The maximum atomic E-state index is 12.2. The van der Waals surface area contributed by atoms with E-state index in [-0.39, 0.29) is 12.1 Å². The van der Waals surface area contributed by atoms with Crippen molar-refractivity contribution in [3.05, 3.63) is 70.2 Å². The minimum Gasteiger partial charge on any atom is -0.453 e. The average Bonchev–Trinajstić information content (AvgIpc) is 2.48. The van der Waals surface area contributed by atoms with Gasteiger partial charge in [-0.3, -0.25) is 0 Å². The lowest BCUT2D eigenvalue weighted by molar-refractivity contribution is -0.896. The zero-order chi connectivity index (χ0) is 15.9. The molecule has 0 saturated heterocycles. The number of ether oxygens (including phenoxy) is 1. The molecule has 116 valence electrons. The van der Waals surface area contributed by atoms with Crippen LogP contribution in [0.5, 0.6) is 0 Å². The topological polar surface area (TPSA) is 30.7 Å². The molecule has 0 bridgehead atoms. The minimum atomic E-state index is -0.285. The molecule has 3 nitrogen and oxygen atoms in total. The zero-order valence-electron chi connectivity index (χ0n) is 12.9. The number of likely N-dealkylation sites (N-methyl/N-ethyl adjacent to an activating group) is 1. The Morgan fingerprint density at radius 2 is 1.77 bits per heavy atom. The predicted molar refractivity (Wildman–Crippen MR) is 90.9 cm³/mol. The third kappa shape index (κ3) is 4.97. The standard InChI is InChI=1S/C18H20BrNO2/c1-14(12-20(2)13-15-8-4-3-5-9-15)22-18(21)16-10-6-7-11-17(16)19/h3-11,14H,12-13H2,1-2H3/p+1/t14-/m1/s1. The molecule has 0 aliphatic heterocycles. The first-order chi connectivity index (χ1) is 10.6. The summed E-state index contributed by atoms with van der Waals surface area (Å²) in [4.78, 5) is 13.5. The molecule has 0 aliphatic carbocycles. The van der Waals surface area contributed by atoms with Crippen LogP contribution in [0.15, 0.2) is 59.1 Å². The first-order valence-electron chi connectivity index (χ1n) is 7.37. The second kappa shape index (κ2) is 8.11. The maximum Gasteiger partial charge on any atom is 0.339 e. The van der Waals surface area contributed by atoms with Gasteiger partial charge in [0.1, 0.15) is 19.2 Å². The summed E-state index contributed by atoms with van der Waals surface area (Å²) >= 11 is 3.38. The zero-order valence-corrected chi connectivity index (χ0v) is 14.5. The Hall–Kier alpha value is -1.65. The number of hydrogen-bond acceptors (Lipinski definition) is 2. The molecular weight excluding hydrogens is 342 g/mol. The molecule has 0 saturated carbocycles. The summed E-state index contributed by atoms with van der Waals surface area (Å²) in [5, 5.41) is 0.